The molecule has 0 atom stereocenters. The summed E-state index contributed by atoms with van der Waals surface area (Å²) in [6, 6.07) is 0. The summed E-state index contributed by atoms with van der Waals surface area (Å²) < 4.78 is 21.7. The Morgan fingerprint density at radius 2 is 1.26 bits per heavy atom. The average molecular weight is 523 g/mol. The van der Waals surface area contributed by atoms with E-state index in [1.54, 1.807) is 0 Å². The van der Waals surface area contributed by atoms with Crippen molar-refractivity contribution in [3.05, 3.63) is 0 Å². The standard InChI is InChI=1S/C23H39ClN2O9/c24-10-3-1-2-4-12-31-14-16-33-18-19-34-17-15-32-13-11-25-20(27)6-5-7-23(30)35-26-21(28)8-9-22(26)29/h1-19H2,(H,25,27). The van der Waals surface area contributed by atoms with Crippen LogP contribution in [0.15, 0.2) is 0 Å². The van der Waals surface area contributed by atoms with Gasteiger partial charge in [-0.2, -0.15) is 0 Å². The van der Waals surface area contributed by atoms with Gasteiger partial charge < -0.3 is 29.1 Å². The van der Waals surface area contributed by atoms with E-state index in [9.17, 15) is 19.2 Å². The Labute approximate surface area is 212 Å². The molecule has 0 unspecified atom stereocenters. The van der Waals surface area contributed by atoms with Crippen LogP contribution < -0.4 is 5.32 Å². The molecule has 3 amide bonds. The number of unbranched alkanes of at least 4 members (excludes halogenated alkanes) is 3. The van der Waals surface area contributed by atoms with Gasteiger partial charge in [-0.25, -0.2) is 4.79 Å². The largest absolute Gasteiger partial charge is 0.379 e. The molecular formula is C23H39ClN2O9. The van der Waals surface area contributed by atoms with Crippen LogP contribution in [-0.4, -0.2) is 94.0 Å². The first-order valence-corrected chi connectivity index (χ1v) is 12.8. The highest BCUT2D eigenvalue weighted by molar-refractivity contribution is 6.17. The lowest BCUT2D eigenvalue weighted by Crippen LogP contribution is -2.32. The van der Waals surface area contributed by atoms with Gasteiger partial charge in [-0.05, 0) is 19.3 Å². The second kappa shape index (κ2) is 21.5. The number of imide groups is 1. The summed E-state index contributed by atoms with van der Waals surface area (Å²) in [5.41, 5.74) is 0. The molecule has 0 aromatic carbocycles. The molecule has 1 N–H and O–H groups in total. The maximum atomic E-state index is 11.8. The monoisotopic (exact) mass is 522 g/mol. The maximum absolute atomic E-state index is 11.8. The first-order chi connectivity index (χ1) is 17.0. The predicted octanol–water partition coefficient (Wildman–Crippen LogP) is 1.75. The van der Waals surface area contributed by atoms with Gasteiger partial charge in [-0.3, -0.25) is 14.4 Å². The molecule has 0 aromatic rings. The first-order valence-electron chi connectivity index (χ1n) is 12.2. The van der Waals surface area contributed by atoms with Crippen LogP contribution in [0.4, 0.5) is 0 Å². The van der Waals surface area contributed by atoms with Crippen LogP contribution in [0.2, 0.25) is 0 Å². The van der Waals surface area contributed by atoms with E-state index < -0.39 is 17.8 Å². The minimum absolute atomic E-state index is 0.0455. The Hall–Kier alpha value is -1.79. The number of carbonyl (C=O) groups excluding carboxylic acids is 4. The minimum atomic E-state index is -0.715. The number of alkyl halides is 1. The van der Waals surface area contributed by atoms with E-state index in [2.05, 4.69) is 5.32 Å². The van der Waals surface area contributed by atoms with Crippen LogP contribution in [0.1, 0.15) is 57.8 Å². The fourth-order valence-electron chi connectivity index (χ4n) is 2.96. The predicted molar refractivity (Wildman–Crippen MR) is 127 cm³/mol. The second-order valence-electron chi connectivity index (χ2n) is 7.80. The Balaban J connectivity index is 1.79. The summed E-state index contributed by atoms with van der Waals surface area (Å²) in [7, 11) is 0. The van der Waals surface area contributed by atoms with Gasteiger partial charge in [0.15, 0.2) is 0 Å². The zero-order chi connectivity index (χ0) is 25.6. The minimum Gasteiger partial charge on any atom is -0.379 e. The number of amides is 3. The third-order valence-electron chi connectivity index (χ3n) is 4.84. The van der Waals surface area contributed by atoms with Crippen molar-refractivity contribution in [2.75, 3.05) is 65.3 Å². The van der Waals surface area contributed by atoms with Gasteiger partial charge in [-0.1, -0.05) is 12.8 Å². The van der Waals surface area contributed by atoms with E-state index in [1.807, 2.05) is 0 Å². The van der Waals surface area contributed by atoms with Crippen LogP contribution in [0.5, 0.6) is 0 Å². The summed E-state index contributed by atoms with van der Waals surface area (Å²) in [5, 5.41) is 3.18. The van der Waals surface area contributed by atoms with Gasteiger partial charge in [-0.15, -0.1) is 16.7 Å². The average Bonchev–Trinajstić information content (AvgIpc) is 3.15. The van der Waals surface area contributed by atoms with E-state index in [-0.39, 0.29) is 38.0 Å². The molecule has 0 radical (unpaired) electrons. The van der Waals surface area contributed by atoms with E-state index >= 15 is 0 Å². The summed E-state index contributed by atoms with van der Waals surface area (Å²) >= 11 is 5.62. The van der Waals surface area contributed by atoms with Crippen LogP contribution in [0, 0.1) is 0 Å². The Bertz CT molecular complexity index is 606. The SMILES string of the molecule is O=C(CCCC(=O)ON1C(=O)CCC1=O)NCCOCCOCCOCCOCCCCCCCl. The van der Waals surface area contributed by atoms with Gasteiger partial charge in [0.25, 0.3) is 11.8 Å². The Morgan fingerprint density at radius 3 is 1.86 bits per heavy atom. The van der Waals surface area contributed by atoms with Gasteiger partial charge in [0.1, 0.15) is 0 Å². The Kier molecular flexibility index (Phi) is 19.2. The number of carbonyl (C=O) groups is 4. The lowest BCUT2D eigenvalue weighted by molar-refractivity contribution is -0.197. The second-order valence-corrected chi connectivity index (χ2v) is 8.18. The van der Waals surface area contributed by atoms with Gasteiger partial charge in [0.05, 0.1) is 46.2 Å². The maximum Gasteiger partial charge on any atom is 0.333 e. The van der Waals surface area contributed by atoms with E-state index in [1.165, 1.54) is 0 Å². The molecule has 35 heavy (non-hydrogen) atoms. The van der Waals surface area contributed by atoms with Crippen LogP contribution in [-0.2, 0) is 43.0 Å². The number of hydroxylamine groups is 2. The van der Waals surface area contributed by atoms with E-state index in [0.29, 0.717) is 57.9 Å². The lowest BCUT2D eigenvalue weighted by atomic mass is 10.2. The number of hydrogen-bond donors (Lipinski definition) is 1. The fourth-order valence-corrected chi connectivity index (χ4v) is 3.15. The Morgan fingerprint density at radius 1 is 0.714 bits per heavy atom. The third kappa shape index (κ3) is 17.3. The van der Waals surface area contributed by atoms with Crippen LogP contribution >= 0.6 is 11.6 Å². The highest BCUT2D eigenvalue weighted by Gasteiger charge is 2.32. The molecule has 1 aliphatic heterocycles. The quantitative estimate of drug-likeness (QED) is 0.121. The van der Waals surface area contributed by atoms with Gasteiger partial charge >= 0.3 is 5.97 Å². The highest BCUT2D eigenvalue weighted by Crippen LogP contribution is 2.13. The zero-order valence-electron chi connectivity index (χ0n) is 20.4. The molecule has 0 aromatic heterocycles. The molecule has 1 aliphatic rings. The van der Waals surface area contributed by atoms with Gasteiger partial charge in [0, 0.05) is 44.7 Å². The number of hydrogen-bond acceptors (Lipinski definition) is 9. The number of ether oxygens (including phenoxy) is 4. The molecule has 12 heteroatoms. The molecule has 1 fully saturated rings. The molecule has 0 aliphatic carbocycles. The normalized spacial score (nSPS) is 13.5. The summed E-state index contributed by atoms with van der Waals surface area (Å²) in [5.74, 6) is -1.27. The van der Waals surface area contributed by atoms with Crippen molar-refractivity contribution in [2.45, 2.75) is 57.8 Å². The van der Waals surface area contributed by atoms with Crippen molar-refractivity contribution >= 4 is 35.3 Å². The topological polar surface area (TPSA) is 130 Å². The molecule has 0 bridgehead atoms. The number of halogens is 1. The molecule has 202 valence electrons. The lowest BCUT2D eigenvalue weighted by Gasteiger charge is -2.12. The molecule has 0 spiro atoms. The summed E-state index contributed by atoms with van der Waals surface area (Å²) in [4.78, 5) is 50.9. The van der Waals surface area contributed by atoms with E-state index in [4.69, 9.17) is 35.4 Å². The molecule has 0 saturated carbocycles. The van der Waals surface area contributed by atoms with Crippen LogP contribution in [0.25, 0.3) is 0 Å². The molecule has 11 nitrogen and oxygen atoms in total. The number of rotatable bonds is 23. The van der Waals surface area contributed by atoms with Crippen molar-refractivity contribution in [1.29, 1.82) is 0 Å². The highest BCUT2D eigenvalue weighted by atomic mass is 35.5. The third-order valence-corrected chi connectivity index (χ3v) is 5.11. The number of nitrogens with zero attached hydrogens (tertiary/aromatic N) is 1. The van der Waals surface area contributed by atoms with Crippen molar-refractivity contribution in [2.24, 2.45) is 0 Å². The number of nitrogens with one attached hydrogen (secondary N) is 1. The first kappa shape index (κ1) is 31.2. The van der Waals surface area contributed by atoms with Crippen molar-refractivity contribution in [1.82, 2.24) is 10.4 Å². The molecule has 1 saturated heterocycles. The van der Waals surface area contributed by atoms with Crippen LogP contribution in [0.3, 0.4) is 0 Å². The van der Waals surface area contributed by atoms with E-state index in [0.717, 1.165) is 38.2 Å². The smallest absolute Gasteiger partial charge is 0.333 e. The van der Waals surface area contributed by atoms with Gasteiger partial charge in [0.2, 0.25) is 5.91 Å². The fraction of sp³-hybridized carbons (Fsp3) is 0.826. The molecule has 1 heterocycles. The van der Waals surface area contributed by atoms with Crippen molar-refractivity contribution in [3.63, 3.8) is 0 Å². The van der Waals surface area contributed by atoms with Crippen molar-refractivity contribution in [3.8, 4) is 0 Å². The summed E-state index contributed by atoms with van der Waals surface area (Å²) in [6.45, 7) is 4.36. The molecular weight excluding hydrogens is 484 g/mol. The molecule has 1 rings (SSSR count). The summed E-state index contributed by atoms with van der Waals surface area (Å²) in [6.07, 6.45) is 4.80. The zero-order valence-corrected chi connectivity index (χ0v) is 21.2. The van der Waals surface area contributed by atoms with Crippen molar-refractivity contribution < 1.29 is 43.0 Å².